The van der Waals surface area contributed by atoms with Gasteiger partial charge in [0.15, 0.2) is 0 Å². The molecule has 2 aromatic carbocycles. The Balaban J connectivity index is 2.07. The average molecular weight is 439 g/mol. The van der Waals surface area contributed by atoms with Gasteiger partial charge in [-0.3, -0.25) is 4.79 Å². The van der Waals surface area contributed by atoms with Gasteiger partial charge in [-0.1, -0.05) is 23.7 Å². The van der Waals surface area contributed by atoms with Gasteiger partial charge in [-0.2, -0.15) is 13.2 Å². The van der Waals surface area contributed by atoms with Crippen LogP contribution >= 0.6 is 11.6 Å². The maximum Gasteiger partial charge on any atom is 0.416 e. The van der Waals surface area contributed by atoms with Crippen molar-refractivity contribution in [3.63, 3.8) is 0 Å². The molecule has 0 bridgehead atoms. The number of halogens is 5. The summed E-state index contributed by atoms with van der Waals surface area (Å²) in [5, 5.41) is 0.101. The fraction of sp³-hybridized carbons (Fsp3) is 0.235. The van der Waals surface area contributed by atoms with Gasteiger partial charge in [-0.15, -0.1) is 0 Å². The van der Waals surface area contributed by atoms with Crippen LogP contribution in [0.3, 0.4) is 0 Å². The van der Waals surface area contributed by atoms with E-state index in [1.807, 2.05) is 4.72 Å². The van der Waals surface area contributed by atoms with Crippen molar-refractivity contribution in [3.8, 4) is 0 Å². The van der Waals surface area contributed by atoms with E-state index in [2.05, 4.69) is 0 Å². The van der Waals surface area contributed by atoms with E-state index in [0.29, 0.717) is 6.07 Å². The van der Waals surface area contributed by atoms with E-state index in [0.717, 1.165) is 29.2 Å². The van der Waals surface area contributed by atoms with Crippen LogP contribution in [0.15, 0.2) is 47.4 Å². The SMILES string of the molecule is CN(Cc1c(F)cccc1Cl)C(=O)CNS(=O)(=O)c1cccc(C(F)(F)F)c1. The highest BCUT2D eigenvalue weighted by Crippen LogP contribution is 2.30. The minimum Gasteiger partial charge on any atom is -0.340 e. The normalized spacial score (nSPS) is 12.1. The van der Waals surface area contributed by atoms with Crippen molar-refractivity contribution in [1.82, 2.24) is 9.62 Å². The predicted octanol–water partition coefficient (Wildman–Crippen LogP) is 3.43. The lowest BCUT2D eigenvalue weighted by Crippen LogP contribution is -2.38. The molecule has 1 amide bonds. The molecule has 0 unspecified atom stereocenters. The van der Waals surface area contributed by atoms with E-state index in [9.17, 15) is 30.8 Å². The summed E-state index contributed by atoms with van der Waals surface area (Å²) in [5.41, 5.74) is -1.08. The first kappa shape index (κ1) is 22.1. The maximum atomic E-state index is 13.8. The number of likely N-dealkylation sites (N-methyl/N-ethyl adjacent to an activating group) is 1. The van der Waals surface area contributed by atoms with Gasteiger partial charge in [-0.25, -0.2) is 17.5 Å². The molecular formula is C17H15ClF4N2O3S. The number of hydrogen-bond donors (Lipinski definition) is 1. The standard InChI is InChI=1S/C17H15ClF4N2O3S/c1-24(10-13-14(18)6-3-7-15(13)19)16(25)9-23-28(26,27)12-5-2-4-11(8-12)17(20,21)22/h2-8,23H,9-10H2,1H3. The van der Waals surface area contributed by atoms with Gasteiger partial charge in [0.05, 0.1) is 17.0 Å². The number of amides is 1. The number of benzene rings is 2. The lowest BCUT2D eigenvalue weighted by Gasteiger charge is -2.19. The molecule has 0 saturated carbocycles. The van der Waals surface area contributed by atoms with Crippen LogP contribution in [0.25, 0.3) is 0 Å². The van der Waals surface area contributed by atoms with Crippen molar-refractivity contribution >= 4 is 27.5 Å². The van der Waals surface area contributed by atoms with Crippen LogP contribution in [0.5, 0.6) is 0 Å². The number of rotatable bonds is 6. The molecule has 0 heterocycles. The zero-order valence-corrected chi connectivity index (χ0v) is 16.0. The van der Waals surface area contributed by atoms with Gasteiger partial charge in [-0.05, 0) is 30.3 Å². The second-order valence-corrected chi connectivity index (χ2v) is 7.97. The van der Waals surface area contributed by atoms with Crippen molar-refractivity contribution in [3.05, 3.63) is 64.4 Å². The molecule has 0 aliphatic rings. The van der Waals surface area contributed by atoms with E-state index < -0.39 is 44.9 Å². The second kappa shape index (κ2) is 8.46. The zero-order chi connectivity index (χ0) is 21.1. The van der Waals surface area contributed by atoms with Crippen LogP contribution in [0.4, 0.5) is 17.6 Å². The van der Waals surface area contributed by atoms with E-state index in [1.54, 1.807) is 0 Å². The van der Waals surface area contributed by atoms with E-state index in [1.165, 1.54) is 19.2 Å². The van der Waals surface area contributed by atoms with Gasteiger partial charge in [0.1, 0.15) is 5.82 Å². The predicted molar refractivity (Wildman–Crippen MR) is 94.5 cm³/mol. The van der Waals surface area contributed by atoms with Crippen LogP contribution in [-0.4, -0.2) is 32.8 Å². The Kier molecular flexibility index (Phi) is 6.68. The molecule has 1 N–H and O–H groups in total. The minimum absolute atomic E-state index is 0.0563. The molecule has 0 atom stereocenters. The fourth-order valence-electron chi connectivity index (χ4n) is 2.22. The van der Waals surface area contributed by atoms with Gasteiger partial charge in [0.25, 0.3) is 0 Å². The molecular weight excluding hydrogens is 424 g/mol. The van der Waals surface area contributed by atoms with Crippen molar-refractivity contribution in [1.29, 1.82) is 0 Å². The van der Waals surface area contributed by atoms with Crippen LogP contribution in [0.1, 0.15) is 11.1 Å². The number of hydrogen-bond acceptors (Lipinski definition) is 3. The van der Waals surface area contributed by atoms with Crippen LogP contribution < -0.4 is 4.72 Å². The highest BCUT2D eigenvalue weighted by atomic mass is 35.5. The van der Waals surface area contributed by atoms with E-state index in [4.69, 9.17) is 11.6 Å². The number of nitrogens with zero attached hydrogens (tertiary/aromatic N) is 1. The second-order valence-electron chi connectivity index (χ2n) is 5.80. The first-order chi connectivity index (χ1) is 12.9. The minimum atomic E-state index is -4.71. The Hall–Kier alpha value is -2.17. The third-order valence-corrected chi connectivity index (χ3v) is 5.52. The smallest absolute Gasteiger partial charge is 0.340 e. The van der Waals surface area contributed by atoms with Gasteiger partial charge >= 0.3 is 6.18 Å². The lowest BCUT2D eigenvalue weighted by molar-refractivity contribution is -0.137. The molecule has 152 valence electrons. The molecule has 0 aromatic heterocycles. The Morgan fingerprint density at radius 2 is 1.82 bits per heavy atom. The van der Waals surface area contributed by atoms with E-state index >= 15 is 0 Å². The van der Waals surface area contributed by atoms with Crippen LogP contribution in [0, 0.1) is 5.82 Å². The fourth-order valence-corrected chi connectivity index (χ4v) is 3.47. The average Bonchev–Trinajstić information content (AvgIpc) is 2.62. The Labute approximate surface area is 164 Å². The number of carbonyl (C=O) groups excluding carboxylic acids is 1. The van der Waals surface area contributed by atoms with Crippen molar-refractivity contribution in [2.24, 2.45) is 0 Å². The topological polar surface area (TPSA) is 66.5 Å². The first-order valence-electron chi connectivity index (χ1n) is 7.75. The van der Waals surface area contributed by atoms with Crippen LogP contribution in [-0.2, 0) is 27.5 Å². The summed E-state index contributed by atoms with van der Waals surface area (Å²) >= 11 is 5.88. The van der Waals surface area contributed by atoms with Crippen molar-refractivity contribution in [2.45, 2.75) is 17.6 Å². The Morgan fingerprint density at radius 3 is 2.43 bits per heavy atom. The molecule has 0 saturated heterocycles. The summed E-state index contributed by atoms with van der Waals surface area (Å²) in [4.78, 5) is 12.5. The number of sulfonamides is 1. The number of nitrogens with one attached hydrogen (secondary N) is 1. The molecule has 0 fully saturated rings. The molecule has 11 heteroatoms. The molecule has 0 radical (unpaired) electrons. The number of carbonyl (C=O) groups is 1. The summed E-state index contributed by atoms with van der Waals surface area (Å²) in [6.45, 7) is -0.934. The largest absolute Gasteiger partial charge is 0.416 e. The molecule has 2 aromatic rings. The number of alkyl halides is 3. The third kappa shape index (κ3) is 5.43. The highest BCUT2D eigenvalue weighted by Gasteiger charge is 2.31. The maximum absolute atomic E-state index is 13.8. The van der Waals surface area contributed by atoms with E-state index in [-0.39, 0.29) is 17.1 Å². The summed E-state index contributed by atoms with van der Waals surface area (Å²) in [7, 11) is -3.05. The third-order valence-electron chi connectivity index (χ3n) is 3.77. The molecule has 0 aliphatic heterocycles. The monoisotopic (exact) mass is 438 g/mol. The zero-order valence-electron chi connectivity index (χ0n) is 14.4. The quantitative estimate of drug-likeness (QED) is 0.703. The summed E-state index contributed by atoms with van der Waals surface area (Å²) in [5.74, 6) is -1.36. The van der Waals surface area contributed by atoms with Crippen molar-refractivity contribution in [2.75, 3.05) is 13.6 Å². The molecule has 2 rings (SSSR count). The first-order valence-corrected chi connectivity index (χ1v) is 9.61. The highest BCUT2D eigenvalue weighted by molar-refractivity contribution is 7.89. The van der Waals surface area contributed by atoms with Gasteiger partial charge < -0.3 is 4.90 Å². The van der Waals surface area contributed by atoms with Crippen molar-refractivity contribution < 1.29 is 30.8 Å². The summed E-state index contributed by atoms with van der Waals surface area (Å²) in [6.07, 6.45) is -4.71. The molecule has 0 spiro atoms. The Bertz CT molecular complexity index is 960. The Morgan fingerprint density at radius 1 is 1.18 bits per heavy atom. The molecule has 28 heavy (non-hydrogen) atoms. The molecule has 5 nitrogen and oxygen atoms in total. The van der Waals surface area contributed by atoms with Gasteiger partial charge in [0, 0.05) is 24.2 Å². The van der Waals surface area contributed by atoms with Gasteiger partial charge in [0.2, 0.25) is 15.9 Å². The summed E-state index contributed by atoms with van der Waals surface area (Å²) < 4.78 is 78.3. The lowest BCUT2D eigenvalue weighted by atomic mass is 10.2. The van der Waals surface area contributed by atoms with Crippen LogP contribution in [0.2, 0.25) is 5.02 Å². The summed E-state index contributed by atoms with van der Waals surface area (Å²) in [6, 6.07) is 7.12. The molecule has 0 aliphatic carbocycles.